The number of nitrogens with one attached hydrogen (secondary N) is 1. The van der Waals surface area contributed by atoms with Crippen LogP contribution in [0.25, 0.3) is 0 Å². The van der Waals surface area contributed by atoms with Crippen molar-refractivity contribution < 1.29 is 21.6 Å². The molecule has 0 spiro atoms. The standard InChI is InChI=1S/C25H27N3O5S2/c1-17-10-12-22(34(30,31)27(3)4)16-23(17)26-25(29)19-11-13-24-20(15-19)14-18(2)28(24)35(32,33)21-8-6-5-7-9-21/h5-13,15-16,18H,14H2,1-4H3,(H,26,29). The molecular weight excluding hydrogens is 486 g/mol. The van der Waals surface area contributed by atoms with Crippen LogP contribution in [0.4, 0.5) is 11.4 Å². The zero-order valence-corrected chi connectivity index (χ0v) is 21.5. The number of benzene rings is 3. The van der Waals surface area contributed by atoms with Gasteiger partial charge >= 0.3 is 0 Å². The lowest BCUT2D eigenvalue weighted by Crippen LogP contribution is -2.35. The molecule has 4 rings (SSSR count). The highest BCUT2D eigenvalue weighted by atomic mass is 32.2. The Kier molecular flexibility index (Phi) is 6.48. The molecule has 0 radical (unpaired) electrons. The number of nitrogens with zero attached hydrogens (tertiary/aromatic N) is 2. The zero-order valence-electron chi connectivity index (χ0n) is 19.9. The van der Waals surface area contributed by atoms with Crippen molar-refractivity contribution in [2.45, 2.75) is 36.1 Å². The van der Waals surface area contributed by atoms with Crippen molar-refractivity contribution in [3.05, 3.63) is 83.4 Å². The van der Waals surface area contributed by atoms with Crippen LogP contribution < -0.4 is 9.62 Å². The quantitative estimate of drug-likeness (QED) is 0.542. The second kappa shape index (κ2) is 9.10. The molecule has 1 aliphatic heterocycles. The Morgan fingerprint density at radius 1 is 0.943 bits per heavy atom. The molecular formula is C25H27N3O5S2. The molecule has 1 heterocycles. The maximum atomic E-state index is 13.3. The highest BCUT2D eigenvalue weighted by molar-refractivity contribution is 7.93. The predicted octanol–water partition coefficient (Wildman–Crippen LogP) is 3.64. The van der Waals surface area contributed by atoms with Gasteiger partial charge in [0, 0.05) is 31.4 Å². The van der Waals surface area contributed by atoms with E-state index in [9.17, 15) is 21.6 Å². The van der Waals surface area contributed by atoms with E-state index >= 15 is 0 Å². The van der Waals surface area contributed by atoms with Crippen LogP contribution in [0.1, 0.15) is 28.4 Å². The van der Waals surface area contributed by atoms with E-state index < -0.39 is 26.0 Å². The van der Waals surface area contributed by atoms with Gasteiger partial charge in [-0.15, -0.1) is 0 Å². The van der Waals surface area contributed by atoms with Gasteiger partial charge in [-0.25, -0.2) is 21.1 Å². The second-order valence-corrected chi connectivity index (χ2v) is 12.7. The van der Waals surface area contributed by atoms with E-state index in [2.05, 4.69) is 5.32 Å². The molecule has 0 saturated carbocycles. The van der Waals surface area contributed by atoms with Gasteiger partial charge in [-0.3, -0.25) is 9.10 Å². The van der Waals surface area contributed by atoms with E-state index in [0.29, 0.717) is 28.9 Å². The first-order valence-electron chi connectivity index (χ1n) is 11.0. The van der Waals surface area contributed by atoms with Crippen LogP contribution >= 0.6 is 0 Å². The topological polar surface area (TPSA) is 104 Å². The van der Waals surface area contributed by atoms with Crippen molar-refractivity contribution in [2.24, 2.45) is 0 Å². The van der Waals surface area contributed by atoms with Gasteiger partial charge in [-0.2, -0.15) is 0 Å². The second-order valence-electron chi connectivity index (χ2n) is 8.73. The Morgan fingerprint density at radius 3 is 2.29 bits per heavy atom. The molecule has 184 valence electrons. The van der Waals surface area contributed by atoms with Crippen molar-refractivity contribution in [1.82, 2.24) is 4.31 Å². The molecule has 1 unspecified atom stereocenters. The summed E-state index contributed by atoms with van der Waals surface area (Å²) >= 11 is 0. The summed E-state index contributed by atoms with van der Waals surface area (Å²) in [7, 11) is -4.51. The van der Waals surface area contributed by atoms with Gasteiger partial charge in [0.05, 0.1) is 15.5 Å². The lowest BCUT2D eigenvalue weighted by atomic mass is 10.1. The molecule has 0 fully saturated rings. The van der Waals surface area contributed by atoms with Crippen LogP contribution in [0.5, 0.6) is 0 Å². The molecule has 35 heavy (non-hydrogen) atoms. The Balaban J connectivity index is 1.63. The normalized spacial score (nSPS) is 15.8. The number of hydrogen-bond acceptors (Lipinski definition) is 5. The smallest absolute Gasteiger partial charge is 0.264 e. The first kappa shape index (κ1) is 24.9. The number of fused-ring (bicyclic) bond motifs is 1. The molecule has 0 aliphatic carbocycles. The van der Waals surface area contributed by atoms with E-state index in [0.717, 1.165) is 9.87 Å². The third kappa shape index (κ3) is 4.56. The van der Waals surface area contributed by atoms with Crippen LogP contribution in [-0.4, -0.2) is 47.2 Å². The summed E-state index contributed by atoms with van der Waals surface area (Å²) in [6.07, 6.45) is 0.470. The minimum atomic E-state index is -3.74. The molecule has 1 atom stereocenters. The monoisotopic (exact) mass is 513 g/mol. The number of sulfonamides is 2. The average molecular weight is 514 g/mol. The molecule has 8 nitrogen and oxygen atoms in total. The van der Waals surface area contributed by atoms with Gasteiger partial charge < -0.3 is 5.32 Å². The van der Waals surface area contributed by atoms with Crippen LogP contribution in [0.2, 0.25) is 0 Å². The maximum Gasteiger partial charge on any atom is 0.264 e. The summed E-state index contributed by atoms with van der Waals surface area (Å²) in [5, 5.41) is 2.79. The summed E-state index contributed by atoms with van der Waals surface area (Å²) in [5.74, 6) is -0.410. The van der Waals surface area contributed by atoms with Gasteiger partial charge in [0.2, 0.25) is 10.0 Å². The van der Waals surface area contributed by atoms with E-state index in [1.165, 1.54) is 30.5 Å². The summed E-state index contributed by atoms with van der Waals surface area (Å²) in [4.78, 5) is 13.3. The van der Waals surface area contributed by atoms with Crippen molar-refractivity contribution in [3.63, 3.8) is 0 Å². The fourth-order valence-electron chi connectivity index (χ4n) is 4.12. The first-order chi connectivity index (χ1) is 16.4. The number of hydrogen-bond donors (Lipinski definition) is 1. The van der Waals surface area contributed by atoms with Crippen LogP contribution in [-0.2, 0) is 26.5 Å². The van der Waals surface area contributed by atoms with Gasteiger partial charge in [0.25, 0.3) is 15.9 Å². The van der Waals surface area contributed by atoms with Crippen molar-refractivity contribution in [3.8, 4) is 0 Å². The summed E-state index contributed by atoms with van der Waals surface area (Å²) in [6.45, 7) is 3.61. The number of aryl methyl sites for hydroxylation is 1. The largest absolute Gasteiger partial charge is 0.322 e. The fraction of sp³-hybridized carbons (Fsp3) is 0.240. The number of carbonyl (C=O) groups excluding carboxylic acids is 1. The molecule has 3 aromatic rings. The van der Waals surface area contributed by atoms with Gasteiger partial charge in [-0.1, -0.05) is 24.3 Å². The molecule has 0 saturated heterocycles. The van der Waals surface area contributed by atoms with Crippen LogP contribution in [0.3, 0.4) is 0 Å². The van der Waals surface area contributed by atoms with Crippen molar-refractivity contribution in [1.29, 1.82) is 0 Å². The molecule has 10 heteroatoms. The maximum absolute atomic E-state index is 13.3. The molecule has 0 aromatic heterocycles. The predicted molar refractivity (Wildman–Crippen MR) is 136 cm³/mol. The molecule has 1 aliphatic rings. The SMILES string of the molecule is Cc1ccc(S(=O)(=O)N(C)C)cc1NC(=O)c1ccc2c(c1)CC(C)N2S(=O)(=O)c1ccccc1. The van der Waals surface area contributed by atoms with Gasteiger partial charge in [0.15, 0.2) is 0 Å². The van der Waals surface area contributed by atoms with E-state index in [1.54, 1.807) is 61.5 Å². The lowest BCUT2D eigenvalue weighted by Gasteiger charge is -2.24. The number of carbonyl (C=O) groups is 1. The van der Waals surface area contributed by atoms with Crippen molar-refractivity contribution in [2.75, 3.05) is 23.7 Å². The van der Waals surface area contributed by atoms with Crippen molar-refractivity contribution >= 4 is 37.3 Å². The highest BCUT2D eigenvalue weighted by Gasteiger charge is 2.36. The van der Waals surface area contributed by atoms with E-state index in [-0.39, 0.29) is 15.8 Å². The van der Waals surface area contributed by atoms with Gasteiger partial charge in [0.1, 0.15) is 0 Å². The van der Waals surface area contributed by atoms with E-state index in [1.807, 2.05) is 6.92 Å². The Hall–Kier alpha value is -3.21. The molecule has 3 aromatic carbocycles. The lowest BCUT2D eigenvalue weighted by molar-refractivity contribution is 0.102. The molecule has 1 N–H and O–H groups in total. The third-order valence-electron chi connectivity index (χ3n) is 6.03. The van der Waals surface area contributed by atoms with Crippen LogP contribution in [0.15, 0.2) is 76.5 Å². The summed E-state index contributed by atoms with van der Waals surface area (Å²) in [6, 6.07) is 17.5. The molecule has 0 bridgehead atoms. The Bertz CT molecular complexity index is 1500. The minimum Gasteiger partial charge on any atom is -0.322 e. The summed E-state index contributed by atoms with van der Waals surface area (Å²) < 4.78 is 54.0. The minimum absolute atomic E-state index is 0.0768. The summed E-state index contributed by atoms with van der Waals surface area (Å²) in [5.41, 5.74) is 2.76. The first-order valence-corrected chi connectivity index (χ1v) is 13.9. The Labute approximate surface area is 206 Å². The number of amides is 1. The van der Waals surface area contributed by atoms with E-state index in [4.69, 9.17) is 0 Å². The van der Waals surface area contributed by atoms with Crippen LogP contribution in [0, 0.1) is 6.92 Å². The highest BCUT2D eigenvalue weighted by Crippen LogP contribution is 2.37. The van der Waals surface area contributed by atoms with Gasteiger partial charge in [-0.05, 0) is 73.9 Å². The number of rotatable bonds is 6. The zero-order chi connectivity index (χ0) is 25.5. The fourth-order valence-corrected chi connectivity index (χ4v) is 6.76. The average Bonchev–Trinajstić information content (AvgIpc) is 3.16. The Morgan fingerprint density at radius 2 is 1.63 bits per heavy atom. The number of anilines is 2. The molecule has 1 amide bonds. The third-order valence-corrected chi connectivity index (χ3v) is 9.78.